The van der Waals surface area contributed by atoms with Gasteiger partial charge in [0.25, 0.3) is 0 Å². The Kier molecular flexibility index (Phi) is 6.81. The maximum Gasteiger partial charge on any atom is 0.407 e. The summed E-state index contributed by atoms with van der Waals surface area (Å²) in [6, 6.07) is 19.4. The van der Waals surface area contributed by atoms with Crippen molar-refractivity contribution in [2.24, 2.45) is 5.73 Å². The van der Waals surface area contributed by atoms with Gasteiger partial charge < -0.3 is 15.8 Å². The van der Waals surface area contributed by atoms with Crippen molar-refractivity contribution in [1.29, 1.82) is 0 Å². The molecular formula is C26H26F2N2O2. The van der Waals surface area contributed by atoms with Crippen molar-refractivity contribution in [2.75, 3.05) is 0 Å². The highest BCUT2D eigenvalue weighted by atomic mass is 19.1. The van der Waals surface area contributed by atoms with Gasteiger partial charge in [-0.3, -0.25) is 0 Å². The van der Waals surface area contributed by atoms with E-state index in [2.05, 4.69) is 5.32 Å². The summed E-state index contributed by atoms with van der Waals surface area (Å²) in [6.07, 6.45) is 2.66. The van der Waals surface area contributed by atoms with Crippen LogP contribution in [0.3, 0.4) is 0 Å². The number of amides is 1. The van der Waals surface area contributed by atoms with E-state index in [0.29, 0.717) is 6.42 Å². The zero-order valence-corrected chi connectivity index (χ0v) is 17.7. The predicted octanol–water partition coefficient (Wildman–Crippen LogP) is 4.47. The minimum absolute atomic E-state index is 0.0231. The van der Waals surface area contributed by atoms with E-state index in [1.165, 1.54) is 23.8 Å². The van der Waals surface area contributed by atoms with Crippen LogP contribution in [-0.2, 0) is 37.0 Å². The highest BCUT2D eigenvalue weighted by Gasteiger charge is 2.23. The maximum atomic E-state index is 13.1. The van der Waals surface area contributed by atoms with Crippen molar-refractivity contribution in [1.82, 2.24) is 5.32 Å². The van der Waals surface area contributed by atoms with Gasteiger partial charge in [0.1, 0.15) is 18.2 Å². The van der Waals surface area contributed by atoms with Crippen LogP contribution in [0.25, 0.3) is 0 Å². The monoisotopic (exact) mass is 436 g/mol. The molecule has 2 aliphatic rings. The molecule has 0 spiro atoms. The molecule has 166 valence electrons. The van der Waals surface area contributed by atoms with E-state index in [-0.39, 0.29) is 30.3 Å². The number of carbonyl (C=O) groups excluding carboxylic acids is 1. The standard InChI is InChI=1S/C17H16FNO2.C9H10FN/c18-15-7-6-13-9-16(10-14(13)8-15)19-17(20)21-11-12-4-2-1-3-5-12;10-8-2-1-6-4-9(11)5-7(6)3-8/h1-8,16H,9-11H2,(H,19,20);1-3,9H,4-5,11H2. The van der Waals surface area contributed by atoms with Crippen molar-refractivity contribution < 1.29 is 18.3 Å². The molecule has 0 heterocycles. The highest BCUT2D eigenvalue weighted by molar-refractivity contribution is 5.68. The number of fused-ring (bicyclic) bond motifs is 2. The molecule has 0 bridgehead atoms. The molecule has 4 nitrogen and oxygen atoms in total. The summed E-state index contributed by atoms with van der Waals surface area (Å²) in [5.41, 5.74) is 11.0. The molecule has 0 saturated heterocycles. The van der Waals surface area contributed by atoms with E-state index in [9.17, 15) is 13.6 Å². The first-order valence-electron chi connectivity index (χ1n) is 10.7. The molecule has 3 aromatic rings. The molecule has 2 unspecified atom stereocenters. The number of halogens is 2. The number of hydrogen-bond donors (Lipinski definition) is 2. The van der Waals surface area contributed by atoms with Crippen molar-refractivity contribution >= 4 is 6.09 Å². The molecule has 0 aliphatic heterocycles. The second-order valence-corrected chi connectivity index (χ2v) is 8.31. The average molecular weight is 437 g/mol. The van der Waals surface area contributed by atoms with Crippen LogP contribution in [0.5, 0.6) is 0 Å². The van der Waals surface area contributed by atoms with Crippen LogP contribution in [0, 0.1) is 11.6 Å². The van der Waals surface area contributed by atoms with Crippen LogP contribution in [0.4, 0.5) is 13.6 Å². The number of nitrogens with two attached hydrogens (primary N) is 1. The zero-order valence-electron chi connectivity index (χ0n) is 17.7. The lowest BCUT2D eigenvalue weighted by Crippen LogP contribution is -2.35. The molecule has 2 atom stereocenters. The number of benzene rings is 3. The molecule has 0 fully saturated rings. The first-order valence-corrected chi connectivity index (χ1v) is 10.7. The molecular weight excluding hydrogens is 410 g/mol. The summed E-state index contributed by atoms with van der Waals surface area (Å²) in [5, 5.41) is 2.83. The largest absolute Gasteiger partial charge is 0.445 e. The normalized spacial score (nSPS) is 18.2. The number of rotatable bonds is 3. The fourth-order valence-corrected chi connectivity index (χ4v) is 4.24. The fraction of sp³-hybridized carbons (Fsp3) is 0.269. The topological polar surface area (TPSA) is 64.4 Å². The molecule has 0 aromatic heterocycles. The summed E-state index contributed by atoms with van der Waals surface area (Å²) in [7, 11) is 0. The van der Waals surface area contributed by atoms with Crippen molar-refractivity contribution in [3.63, 3.8) is 0 Å². The van der Waals surface area contributed by atoms with E-state index < -0.39 is 6.09 Å². The molecule has 6 heteroatoms. The van der Waals surface area contributed by atoms with Crippen LogP contribution in [-0.4, -0.2) is 18.2 Å². The second-order valence-electron chi connectivity index (χ2n) is 8.31. The Morgan fingerprint density at radius 1 is 0.844 bits per heavy atom. The van der Waals surface area contributed by atoms with Gasteiger partial charge in [-0.25, -0.2) is 13.6 Å². The smallest absolute Gasteiger partial charge is 0.407 e. The Balaban J connectivity index is 0.000000186. The van der Waals surface area contributed by atoms with Crippen molar-refractivity contribution in [3.8, 4) is 0 Å². The van der Waals surface area contributed by atoms with Gasteiger partial charge in [-0.15, -0.1) is 0 Å². The Bertz CT molecular complexity index is 1090. The Morgan fingerprint density at radius 3 is 2.09 bits per heavy atom. The minimum Gasteiger partial charge on any atom is -0.445 e. The van der Waals surface area contributed by atoms with Crippen LogP contribution in [0.2, 0.25) is 0 Å². The summed E-state index contributed by atoms with van der Waals surface area (Å²) in [5.74, 6) is -0.390. The zero-order chi connectivity index (χ0) is 22.5. The van der Waals surface area contributed by atoms with Crippen molar-refractivity contribution in [3.05, 3.63) is 106 Å². The summed E-state index contributed by atoms with van der Waals surface area (Å²) >= 11 is 0. The summed E-state index contributed by atoms with van der Waals surface area (Å²) in [6.45, 7) is 0.251. The van der Waals surface area contributed by atoms with E-state index in [4.69, 9.17) is 10.5 Å². The minimum atomic E-state index is -0.433. The van der Waals surface area contributed by atoms with Gasteiger partial charge in [-0.2, -0.15) is 0 Å². The summed E-state index contributed by atoms with van der Waals surface area (Å²) < 4.78 is 31.0. The Labute approximate surface area is 186 Å². The predicted molar refractivity (Wildman–Crippen MR) is 119 cm³/mol. The number of ether oxygens (including phenoxy) is 1. The van der Waals surface area contributed by atoms with E-state index in [1.807, 2.05) is 36.4 Å². The second kappa shape index (κ2) is 9.92. The third-order valence-corrected chi connectivity index (χ3v) is 5.77. The Hall–Kier alpha value is -3.25. The number of nitrogens with one attached hydrogen (secondary N) is 1. The van der Waals surface area contributed by atoms with Crippen molar-refractivity contribution in [2.45, 2.75) is 44.4 Å². The number of hydrogen-bond acceptors (Lipinski definition) is 3. The third-order valence-electron chi connectivity index (χ3n) is 5.77. The molecule has 1 amide bonds. The summed E-state index contributed by atoms with van der Waals surface area (Å²) in [4.78, 5) is 11.8. The van der Waals surface area contributed by atoms with Crippen LogP contribution < -0.4 is 11.1 Å². The lowest BCUT2D eigenvalue weighted by molar-refractivity contribution is 0.136. The molecule has 0 saturated carbocycles. The lowest BCUT2D eigenvalue weighted by atomic mass is 10.1. The first kappa shape index (κ1) is 22.0. The molecule has 2 aliphatic carbocycles. The quantitative estimate of drug-likeness (QED) is 0.637. The third kappa shape index (κ3) is 5.71. The molecule has 3 aromatic carbocycles. The van der Waals surface area contributed by atoms with Gasteiger partial charge >= 0.3 is 6.09 Å². The van der Waals surface area contributed by atoms with Gasteiger partial charge in [0.05, 0.1) is 0 Å². The first-order chi connectivity index (χ1) is 15.5. The van der Waals surface area contributed by atoms with Gasteiger partial charge in [-0.1, -0.05) is 42.5 Å². The maximum absolute atomic E-state index is 13.1. The number of alkyl carbamates (subject to hydrolysis) is 1. The highest BCUT2D eigenvalue weighted by Crippen LogP contribution is 2.23. The van der Waals surface area contributed by atoms with Crippen LogP contribution >= 0.6 is 0 Å². The Morgan fingerprint density at radius 2 is 1.41 bits per heavy atom. The van der Waals surface area contributed by atoms with E-state index in [0.717, 1.165) is 41.5 Å². The van der Waals surface area contributed by atoms with Crippen LogP contribution in [0.15, 0.2) is 66.7 Å². The van der Waals surface area contributed by atoms with Gasteiger partial charge in [-0.05, 0) is 77.8 Å². The van der Waals surface area contributed by atoms with E-state index >= 15 is 0 Å². The fourth-order valence-electron chi connectivity index (χ4n) is 4.24. The lowest BCUT2D eigenvalue weighted by Gasteiger charge is -2.12. The van der Waals surface area contributed by atoms with Gasteiger partial charge in [0.15, 0.2) is 0 Å². The van der Waals surface area contributed by atoms with Gasteiger partial charge in [0.2, 0.25) is 0 Å². The van der Waals surface area contributed by atoms with Crippen LogP contribution in [0.1, 0.15) is 27.8 Å². The molecule has 0 radical (unpaired) electrons. The molecule has 3 N–H and O–H groups in total. The van der Waals surface area contributed by atoms with Gasteiger partial charge in [0, 0.05) is 12.1 Å². The number of carbonyl (C=O) groups is 1. The average Bonchev–Trinajstić information content (AvgIpc) is 3.34. The molecule has 32 heavy (non-hydrogen) atoms. The SMILES string of the molecule is NC1Cc2ccc(F)cc2C1.O=C(NC1Cc2ccc(F)cc2C1)OCc1ccccc1. The van der Waals surface area contributed by atoms with E-state index in [1.54, 1.807) is 12.1 Å². The molecule has 5 rings (SSSR count).